The van der Waals surface area contributed by atoms with Crippen molar-refractivity contribution in [1.82, 2.24) is 14.7 Å². The minimum atomic E-state index is -1.11. The van der Waals surface area contributed by atoms with Gasteiger partial charge in [-0.05, 0) is 30.7 Å². The van der Waals surface area contributed by atoms with Gasteiger partial charge < -0.3 is 20.1 Å². The Bertz CT molecular complexity index is 1730. The standard InChI is InChI=1S/C32H31Cl2FN4O6/c1-32(30(42)43)15-39(16-32)14-21-23(35)11-17(12-25(21)45-4)18-7-5-8-19(26(18)33)20-9-6-10-24(27(20)34)36-28(40)22-13-37(2)31(44)38(3)29(22)41/h5-12,22H,13-16H2,1-4H3,(H,36,40)(H,42,43). The molecule has 1 unspecified atom stereocenters. The summed E-state index contributed by atoms with van der Waals surface area (Å²) in [5.41, 5.74) is 1.67. The van der Waals surface area contributed by atoms with Crippen molar-refractivity contribution in [2.75, 3.05) is 46.2 Å². The van der Waals surface area contributed by atoms with Gasteiger partial charge >= 0.3 is 12.0 Å². The molecule has 45 heavy (non-hydrogen) atoms. The number of imide groups is 1. The van der Waals surface area contributed by atoms with E-state index in [0.29, 0.717) is 46.7 Å². The predicted molar refractivity (Wildman–Crippen MR) is 168 cm³/mol. The van der Waals surface area contributed by atoms with E-state index in [1.54, 1.807) is 49.4 Å². The second-order valence-corrected chi connectivity index (χ2v) is 12.3. The van der Waals surface area contributed by atoms with Crippen LogP contribution in [0.5, 0.6) is 5.75 Å². The summed E-state index contributed by atoms with van der Waals surface area (Å²) in [6.45, 7) is 2.37. The summed E-state index contributed by atoms with van der Waals surface area (Å²) in [6.07, 6.45) is 0. The molecule has 2 aliphatic heterocycles. The number of anilines is 1. The maximum Gasteiger partial charge on any atom is 0.326 e. The molecule has 2 aliphatic rings. The first-order valence-electron chi connectivity index (χ1n) is 14.0. The highest BCUT2D eigenvalue weighted by molar-refractivity contribution is 6.39. The van der Waals surface area contributed by atoms with Crippen LogP contribution >= 0.6 is 23.2 Å². The summed E-state index contributed by atoms with van der Waals surface area (Å²) >= 11 is 13.7. The van der Waals surface area contributed by atoms with E-state index >= 15 is 4.39 Å². The van der Waals surface area contributed by atoms with Crippen LogP contribution in [0.4, 0.5) is 14.9 Å². The summed E-state index contributed by atoms with van der Waals surface area (Å²) in [5, 5.41) is 12.6. The number of urea groups is 1. The van der Waals surface area contributed by atoms with Gasteiger partial charge in [-0.3, -0.25) is 24.2 Å². The van der Waals surface area contributed by atoms with Gasteiger partial charge in [0.2, 0.25) is 11.8 Å². The number of benzene rings is 3. The Morgan fingerprint density at radius 3 is 2.31 bits per heavy atom. The molecule has 0 aliphatic carbocycles. The zero-order valence-electron chi connectivity index (χ0n) is 25.0. The highest BCUT2D eigenvalue weighted by Crippen LogP contribution is 2.43. The van der Waals surface area contributed by atoms with Gasteiger partial charge in [-0.15, -0.1) is 0 Å². The molecule has 2 saturated heterocycles. The van der Waals surface area contributed by atoms with Crippen molar-refractivity contribution in [3.05, 3.63) is 70.0 Å². The van der Waals surface area contributed by atoms with E-state index in [9.17, 15) is 24.3 Å². The molecule has 236 valence electrons. The van der Waals surface area contributed by atoms with E-state index < -0.39 is 41.0 Å². The number of halogens is 3. The van der Waals surface area contributed by atoms with E-state index in [1.165, 1.54) is 32.2 Å². The molecule has 13 heteroatoms. The molecule has 2 fully saturated rings. The topological polar surface area (TPSA) is 119 Å². The SMILES string of the molecule is COc1cc(-c2cccc(-c3cccc(NC(=O)C4CN(C)C(=O)N(C)C4=O)c3Cl)c2Cl)cc(F)c1CN1CC(C)(C(=O)O)C1. The lowest BCUT2D eigenvalue weighted by molar-refractivity contribution is -0.159. The number of amides is 4. The number of ether oxygens (including phenoxy) is 1. The Balaban J connectivity index is 1.42. The van der Waals surface area contributed by atoms with Crippen molar-refractivity contribution in [3.63, 3.8) is 0 Å². The lowest BCUT2D eigenvalue weighted by Crippen LogP contribution is -2.58. The fourth-order valence-corrected chi connectivity index (χ4v) is 6.35. The first-order valence-corrected chi connectivity index (χ1v) is 14.7. The molecule has 5 rings (SSSR count). The molecule has 10 nitrogen and oxygen atoms in total. The maximum atomic E-state index is 15.5. The summed E-state index contributed by atoms with van der Waals surface area (Å²) < 4.78 is 21.0. The summed E-state index contributed by atoms with van der Waals surface area (Å²) in [5.74, 6) is -3.45. The zero-order valence-corrected chi connectivity index (χ0v) is 26.5. The predicted octanol–water partition coefficient (Wildman–Crippen LogP) is 5.46. The Morgan fingerprint density at radius 1 is 1.04 bits per heavy atom. The van der Waals surface area contributed by atoms with E-state index in [-0.39, 0.29) is 28.8 Å². The second kappa shape index (κ2) is 12.3. The molecule has 1 atom stereocenters. The van der Waals surface area contributed by atoms with Crippen LogP contribution in [0.3, 0.4) is 0 Å². The van der Waals surface area contributed by atoms with Gasteiger partial charge in [0.1, 0.15) is 17.5 Å². The van der Waals surface area contributed by atoms with Gasteiger partial charge in [0.05, 0.1) is 28.3 Å². The minimum Gasteiger partial charge on any atom is -0.496 e. The summed E-state index contributed by atoms with van der Waals surface area (Å²) in [6, 6.07) is 12.7. The van der Waals surface area contributed by atoms with Gasteiger partial charge in [0.15, 0.2) is 0 Å². The molecule has 4 amide bonds. The molecule has 0 radical (unpaired) electrons. The number of hydrogen-bond acceptors (Lipinski definition) is 6. The van der Waals surface area contributed by atoms with Crippen molar-refractivity contribution >= 4 is 52.7 Å². The first kappa shape index (κ1) is 32.2. The molecule has 0 saturated carbocycles. The Hall–Kier alpha value is -4.19. The molecule has 0 aromatic heterocycles. The van der Waals surface area contributed by atoms with Crippen LogP contribution in [0.1, 0.15) is 12.5 Å². The van der Waals surface area contributed by atoms with Crippen LogP contribution in [-0.2, 0) is 20.9 Å². The van der Waals surface area contributed by atoms with E-state index in [0.717, 1.165) is 4.90 Å². The normalized spacial score (nSPS) is 18.1. The third-order valence-electron chi connectivity index (χ3n) is 8.29. The van der Waals surface area contributed by atoms with Crippen molar-refractivity contribution < 1.29 is 33.4 Å². The van der Waals surface area contributed by atoms with Crippen molar-refractivity contribution in [3.8, 4) is 28.0 Å². The average Bonchev–Trinajstić information content (AvgIpc) is 2.98. The number of methoxy groups -OCH3 is 1. The molecule has 3 aromatic rings. The monoisotopic (exact) mass is 656 g/mol. The van der Waals surface area contributed by atoms with Gasteiger partial charge in [0, 0.05) is 62.5 Å². The Kier molecular flexibility index (Phi) is 8.81. The van der Waals surface area contributed by atoms with E-state index in [1.807, 2.05) is 4.90 Å². The number of nitrogens with zero attached hydrogens (tertiary/aromatic N) is 3. The fourth-order valence-electron chi connectivity index (χ4n) is 5.74. The van der Waals surface area contributed by atoms with Crippen molar-refractivity contribution in [2.45, 2.75) is 13.5 Å². The quantitative estimate of drug-likeness (QED) is 0.309. The number of aliphatic carboxylic acids is 1. The summed E-state index contributed by atoms with van der Waals surface area (Å²) in [7, 11) is 4.26. The second-order valence-electron chi connectivity index (χ2n) is 11.6. The zero-order chi connectivity index (χ0) is 32.8. The highest BCUT2D eigenvalue weighted by Gasteiger charge is 2.45. The maximum absolute atomic E-state index is 15.5. The van der Waals surface area contributed by atoms with Crippen molar-refractivity contribution in [1.29, 1.82) is 0 Å². The van der Waals surface area contributed by atoms with Gasteiger partial charge in [0.25, 0.3) is 0 Å². The lowest BCUT2D eigenvalue weighted by atomic mass is 9.82. The third-order valence-corrected chi connectivity index (χ3v) is 9.10. The van der Waals surface area contributed by atoms with Crippen molar-refractivity contribution in [2.24, 2.45) is 11.3 Å². The van der Waals surface area contributed by atoms with E-state index in [2.05, 4.69) is 5.32 Å². The van der Waals surface area contributed by atoms with Gasteiger partial charge in [-0.1, -0.05) is 53.5 Å². The van der Waals surface area contributed by atoms with Crippen LogP contribution in [0.15, 0.2) is 48.5 Å². The Labute approximate surface area is 269 Å². The number of hydrogen-bond donors (Lipinski definition) is 2. The number of carboxylic acid groups (broad SMARTS) is 1. The minimum absolute atomic E-state index is 0.0718. The highest BCUT2D eigenvalue weighted by atomic mass is 35.5. The number of carboxylic acids is 1. The number of likely N-dealkylation sites (tertiary alicyclic amines) is 1. The van der Waals surface area contributed by atoms with Gasteiger partial charge in [-0.25, -0.2) is 9.18 Å². The number of nitrogens with one attached hydrogen (secondary N) is 1. The number of carbonyl (C=O) groups is 4. The largest absolute Gasteiger partial charge is 0.496 e. The lowest BCUT2D eigenvalue weighted by Gasteiger charge is -2.45. The van der Waals surface area contributed by atoms with E-state index in [4.69, 9.17) is 27.9 Å². The fraction of sp³-hybridized carbons (Fsp3) is 0.312. The van der Waals surface area contributed by atoms with Crippen LogP contribution in [0.25, 0.3) is 22.3 Å². The molecule has 2 N–H and O–H groups in total. The van der Waals surface area contributed by atoms with Crippen LogP contribution in [0, 0.1) is 17.2 Å². The average molecular weight is 658 g/mol. The molecular formula is C32H31Cl2FN4O6. The first-order chi connectivity index (χ1) is 21.2. The summed E-state index contributed by atoms with van der Waals surface area (Å²) in [4.78, 5) is 53.3. The van der Waals surface area contributed by atoms with Crippen LogP contribution in [-0.4, -0.2) is 84.5 Å². The molecule has 3 aromatic carbocycles. The Morgan fingerprint density at radius 2 is 1.67 bits per heavy atom. The van der Waals surface area contributed by atoms with Crippen LogP contribution in [0.2, 0.25) is 10.0 Å². The molecule has 0 spiro atoms. The number of rotatable bonds is 8. The molecule has 0 bridgehead atoms. The number of carbonyl (C=O) groups excluding carboxylic acids is 3. The smallest absolute Gasteiger partial charge is 0.326 e. The van der Waals surface area contributed by atoms with Gasteiger partial charge in [-0.2, -0.15) is 0 Å². The third kappa shape index (κ3) is 5.95. The van der Waals surface area contributed by atoms with Crippen LogP contribution < -0.4 is 10.1 Å². The molecule has 2 heterocycles. The molecular weight excluding hydrogens is 626 g/mol.